The van der Waals surface area contributed by atoms with Gasteiger partial charge in [-0.3, -0.25) is 14.5 Å². The van der Waals surface area contributed by atoms with E-state index in [1.807, 2.05) is 67.9 Å². The second-order valence-corrected chi connectivity index (χ2v) is 12.4. The summed E-state index contributed by atoms with van der Waals surface area (Å²) in [6, 6.07) is 16.8. The highest BCUT2D eigenvalue weighted by molar-refractivity contribution is 7.99. The first kappa shape index (κ1) is 28.5. The fourth-order valence-electron chi connectivity index (χ4n) is 4.29. The average molecular weight is 587 g/mol. The van der Waals surface area contributed by atoms with Crippen molar-refractivity contribution in [2.45, 2.75) is 19.3 Å². The number of rotatable bonds is 8. The minimum absolute atomic E-state index is 0.0828. The van der Waals surface area contributed by atoms with E-state index in [-0.39, 0.29) is 11.8 Å². The third kappa shape index (κ3) is 6.82. The first-order chi connectivity index (χ1) is 19.7. The molecule has 1 aliphatic heterocycles. The van der Waals surface area contributed by atoms with Crippen LogP contribution in [-0.4, -0.2) is 69.9 Å². The molecule has 1 saturated heterocycles. The Morgan fingerprint density at radius 2 is 1.88 bits per heavy atom. The summed E-state index contributed by atoms with van der Waals surface area (Å²) in [6.07, 6.45) is 1.64. The van der Waals surface area contributed by atoms with Crippen molar-refractivity contribution in [2.24, 2.45) is 0 Å². The number of nitriles is 1. The van der Waals surface area contributed by atoms with Crippen LogP contribution in [0, 0.1) is 11.3 Å². The van der Waals surface area contributed by atoms with E-state index in [1.54, 1.807) is 24.4 Å². The Bertz CT molecular complexity index is 1620. The lowest BCUT2D eigenvalue weighted by Gasteiger charge is -2.25. The second-order valence-electron chi connectivity index (χ2n) is 10.2. The number of carbonyl (C=O) groups excluding carboxylic acids is 2. The molecule has 2 N–H and O–H groups in total. The second kappa shape index (κ2) is 12.2. The van der Waals surface area contributed by atoms with E-state index in [0.29, 0.717) is 39.2 Å². The fraction of sp³-hybridized carbons (Fsp3) is 0.310. The van der Waals surface area contributed by atoms with E-state index in [2.05, 4.69) is 36.6 Å². The molecule has 41 heavy (non-hydrogen) atoms. The largest absolute Gasteiger partial charge is 0.322 e. The Labute approximate surface area is 246 Å². The Kier molecular flexibility index (Phi) is 8.49. The molecule has 12 heteroatoms. The Morgan fingerprint density at radius 1 is 1.10 bits per heavy atom. The van der Waals surface area contributed by atoms with E-state index in [4.69, 9.17) is 0 Å². The smallest absolute Gasteiger partial charge is 0.255 e. The van der Waals surface area contributed by atoms with Gasteiger partial charge in [-0.25, -0.2) is 9.97 Å². The van der Waals surface area contributed by atoms with E-state index in [9.17, 15) is 14.9 Å². The summed E-state index contributed by atoms with van der Waals surface area (Å²) in [7, 11) is 1.84. The summed E-state index contributed by atoms with van der Waals surface area (Å²) in [5.74, 6) is 2.20. The normalized spacial score (nSPS) is 13.9. The van der Waals surface area contributed by atoms with Crippen molar-refractivity contribution in [3.05, 3.63) is 65.9 Å². The molecule has 2 aromatic carbocycles. The molecule has 0 aliphatic carbocycles. The topological polar surface area (TPSA) is 127 Å². The minimum atomic E-state index is -0.698. The quantitative estimate of drug-likeness (QED) is 0.296. The summed E-state index contributed by atoms with van der Waals surface area (Å²) in [5.41, 5.74) is 2.55. The number of anilines is 4. The number of benzene rings is 2. The van der Waals surface area contributed by atoms with Gasteiger partial charge < -0.3 is 15.5 Å². The Balaban J connectivity index is 1.27. The van der Waals surface area contributed by atoms with Crippen LogP contribution < -0.4 is 15.5 Å². The van der Waals surface area contributed by atoms with Crippen molar-refractivity contribution in [3.8, 4) is 6.07 Å². The lowest BCUT2D eigenvalue weighted by molar-refractivity contribution is -0.117. The SMILES string of the molecule is CN(c1cccc(NC(=O)c2cccc(C(C)(C)C#N)c2)c1)c1ncc2nc(NC(=O)CN3CCSCC3)sc2n1. The van der Waals surface area contributed by atoms with Gasteiger partial charge in [0.2, 0.25) is 11.9 Å². The van der Waals surface area contributed by atoms with Crippen LogP contribution in [0.15, 0.2) is 54.7 Å². The van der Waals surface area contributed by atoms with Crippen molar-refractivity contribution in [1.29, 1.82) is 5.26 Å². The number of aromatic nitrogens is 3. The van der Waals surface area contributed by atoms with Gasteiger partial charge >= 0.3 is 0 Å². The van der Waals surface area contributed by atoms with Gasteiger partial charge in [-0.2, -0.15) is 22.0 Å². The third-order valence-electron chi connectivity index (χ3n) is 6.77. The predicted molar refractivity (Wildman–Crippen MR) is 165 cm³/mol. The molecule has 1 aliphatic rings. The zero-order chi connectivity index (χ0) is 29.0. The number of fused-ring (bicyclic) bond motifs is 1. The van der Waals surface area contributed by atoms with Gasteiger partial charge in [0.15, 0.2) is 9.96 Å². The van der Waals surface area contributed by atoms with Gasteiger partial charge in [0.25, 0.3) is 5.91 Å². The molecule has 2 amide bonds. The van der Waals surface area contributed by atoms with Crippen molar-refractivity contribution in [1.82, 2.24) is 19.9 Å². The molecular weight excluding hydrogens is 557 g/mol. The monoisotopic (exact) mass is 586 g/mol. The Hall–Kier alpha value is -4.05. The average Bonchev–Trinajstić information content (AvgIpc) is 3.38. The number of amides is 2. The van der Waals surface area contributed by atoms with E-state index >= 15 is 0 Å². The highest BCUT2D eigenvalue weighted by Gasteiger charge is 2.21. The summed E-state index contributed by atoms with van der Waals surface area (Å²) in [5, 5.41) is 15.8. The van der Waals surface area contributed by atoms with Crippen LogP contribution in [0.1, 0.15) is 29.8 Å². The fourth-order valence-corrected chi connectivity index (χ4v) is 6.09. The molecule has 0 unspecified atom stereocenters. The van der Waals surface area contributed by atoms with E-state index < -0.39 is 5.41 Å². The molecule has 2 aromatic heterocycles. The lowest BCUT2D eigenvalue weighted by Crippen LogP contribution is -2.38. The number of hydrogen-bond donors (Lipinski definition) is 2. The van der Waals surface area contributed by atoms with Crippen molar-refractivity contribution in [2.75, 3.05) is 53.7 Å². The highest BCUT2D eigenvalue weighted by atomic mass is 32.2. The van der Waals surface area contributed by atoms with Crippen molar-refractivity contribution in [3.63, 3.8) is 0 Å². The molecular formula is C29H30N8O2S2. The van der Waals surface area contributed by atoms with Crippen LogP contribution in [0.4, 0.5) is 22.5 Å². The maximum absolute atomic E-state index is 13.0. The van der Waals surface area contributed by atoms with Crippen LogP contribution in [0.2, 0.25) is 0 Å². The van der Waals surface area contributed by atoms with Crippen LogP contribution in [0.3, 0.4) is 0 Å². The number of hydrogen-bond acceptors (Lipinski definition) is 10. The lowest BCUT2D eigenvalue weighted by atomic mass is 9.85. The molecule has 10 nitrogen and oxygen atoms in total. The van der Waals surface area contributed by atoms with Gasteiger partial charge in [-0.15, -0.1) is 0 Å². The molecule has 3 heterocycles. The number of thiazole rings is 1. The molecule has 0 bridgehead atoms. The number of nitrogens with zero attached hydrogens (tertiary/aromatic N) is 6. The standard InChI is InChI=1S/C29H30N8O2S2/c1-29(2,18-30)20-7-4-6-19(14-20)25(39)32-21-8-5-9-22(15-21)36(3)27-31-16-23-26(35-27)41-28(33-23)34-24(38)17-37-10-12-40-13-11-37/h4-9,14-16H,10-13,17H2,1-3H3,(H,32,39)(H,33,34,38). The van der Waals surface area contributed by atoms with Crippen molar-refractivity contribution < 1.29 is 9.59 Å². The van der Waals surface area contributed by atoms with Gasteiger partial charge in [-0.05, 0) is 49.7 Å². The molecule has 1 fully saturated rings. The van der Waals surface area contributed by atoms with Crippen LogP contribution in [0.25, 0.3) is 10.3 Å². The third-order valence-corrected chi connectivity index (χ3v) is 8.60. The van der Waals surface area contributed by atoms with Crippen LogP contribution in [0.5, 0.6) is 0 Å². The summed E-state index contributed by atoms with van der Waals surface area (Å²) in [6.45, 7) is 5.82. The number of nitrogens with one attached hydrogen (secondary N) is 2. The summed E-state index contributed by atoms with van der Waals surface area (Å²) >= 11 is 3.22. The van der Waals surface area contributed by atoms with Crippen LogP contribution in [-0.2, 0) is 10.2 Å². The van der Waals surface area contributed by atoms with Crippen LogP contribution >= 0.6 is 23.1 Å². The zero-order valence-electron chi connectivity index (χ0n) is 23.0. The van der Waals surface area contributed by atoms with Gasteiger partial charge in [0.05, 0.1) is 24.2 Å². The highest BCUT2D eigenvalue weighted by Crippen LogP contribution is 2.29. The Morgan fingerprint density at radius 3 is 2.66 bits per heavy atom. The molecule has 0 spiro atoms. The molecule has 210 valence electrons. The summed E-state index contributed by atoms with van der Waals surface area (Å²) < 4.78 is 0. The first-order valence-electron chi connectivity index (χ1n) is 13.1. The first-order valence-corrected chi connectivity index (χ1v) is 15.1. The number of carbonyl (C=O) groups is 2. The molecule has 4 aromatic rings. The molecule has 0 saturated carbocycles. The predicted octanol–water partition coefficient (Wildman–Crippen LogP) is 4.89. The maximum atomic E-state index is 13.0. The molecule has 0 atom stereocenters. The molecule has 5 rings (SSSR count). The van der Waals surface area contributed by atoms with E-state index in [0.717, 1.165) is 35.8 Å². The molecule has 0 radical (unpaired) electrons. The van der Waals surface area contributed by atoms with Crippen molar-refractivity contribution >= 4 is 67.7 Å². The number of thioether (sulfide) groups is 1. The zero-order valence-corrected chi connectivity index (χ0v) is 24.7. The van der Waals surface area contributed by atoms with Gasteiger partial charge in [0, 0.05) is 48.6 Å². The van der Waals surface area contributed by atoms with Gasteiger partial charge in [0.1, 0.15) is 5.52 Å². The van der Waals surface area contributed by atoms with Gasteiger partial charge in [-0.1, -0.05) is 29.5 Å². The van der Waals surface area contributed by atoms with E-state index in [1.165, 1.54) is 11.3 Å². The maximum Gasteiger partial charge on any atom is 0.255 e. The summed E-state index contributed by atoms with van der Waals surface area (Å²) in [4.78, 5) is 43.8. The minimum Gasteiger partial charge on any atom is -0.322 e.